The molecule has 1 aromatic carbocycles. The van der Waals surface area contributed by atoms with Crippen molar-refractivity contribution in [3.05, 3.63) is 59.3 Å². The van der Waals surface area contributed by atoms with E-state index in [1.807, 2.05) is 11.0 Å². The summed E-state index contributed by atoms with van der Waals surface area (Å²) in [6.45, 7) is 1.37. The fourth-order valence-electron chi connectivity index (χ4n) is 4.25. The molecule has 0 radical (unpaired) electrons. The number of ether oxygens (including phenoxy) is 1. The topological polar surface area (TPSA) is 55.6 Å². The molecule has 2 fully saturated rings. The van der Waals surface area contributed by atoms with Crippen molar-refractivity contribution in [3.8, 4) is 0 Å². The maximum Gasteiger partial charge on any atom is 0.410 e. The molecule has 1 unspecified atom stereocenters. The molecule has 1 amide bonds. The highest BCUT2D eigenvalue weighted by Crippen LogP contribution is 2.37. The van der Waals surface area contributed by atoms with Crippen LogP contribution in [0, 0.1) is 0 Å². The largest absolute Gasteiger partial charge is 0.441 e. The first-order valence-corrected chi connectivity index (χ1v) is 9.34. The fourth-order valence-corrected chi connectivity index (χ4v) is 4.25. The summed E-state index contributed by atoms with van der Waals surface area (Å²) in [7, 11) is 0. The third-order valence-corrected chi connectivity index (χ3v) is 5.72. The molecule has 4 heteroatoms. The Morgan fingerprint density at radius 3 is 2.60 bits per heavy atom. The van der Waals surface area contributed by atoms with Gasteiger partial charge < -0.3 is 10.5 Å². The van der Waals surface area contributed by atoms with E-state index < -0.39 is 0 Å². The van der Waals surface area contributed by atoms with E-state index in [0.29, 0.717) is 12.5 Å². The van der Waals surface area contributed by atoms with Gasteiger partial charge in [0.15, 0.2) is 0 Å². The van der Waals surface area contributed by atoms with E-state index in [9.17, 15) is 4.79 Å². The summed E-state index contributed by atoms with van der Waals surface area (Å²) < 4.78 is 5.76. The maximum absolute atomic E-state index is 12.3. The maximum atomic E-state index is 12.3. The highest BCUT2D eigenvalue weighted by atomic mass is 16.6. The second kappa shape index (κ2) is 6.58. The van der Waals surface area contributed by atoms with Gasteiger partial charge in [-0.1, -0.05) is 42.8 Å². The Bertz CT molecular complexity index is 699. The highest BCUT2D eigenvalue weighted by molar-refractivity contribution is 5.70. The molecule has 4 nitrogen and oxygen atoms in total. The summed E-state index contributed by atoms with van der Waals surface area (Å²) in [5, 5.41) is 0. The van der Waals surface area contributed by atoms with E-state index in [4.69, 9.17) is 10.5 Å². The number of hydrogen-bond acceptors (Lipinski definition) is 3. The molecule has 0 aromatic heterocycles. The van der Waals surface area contributed by atoms with Crippen LogP contribution in [-0.4, -0.2) is 23.1 Å². The molecule has 1 heterocycles. The van der Waals surface area contributed by atoms with Crippen molar-refractivity contribution in [2.75, 3.05) is 6.54 Å². The predicted molar refractivity (Wildman–Crippen MR) is 97.9 cm³/mol. The van der Waals surface area contributed by atoms with Crippen LogP contribution in [0.25, 0.3) is 0 Å². The molecule has 0 bridgehead atoms. The normalized spacial score (nSPS) is 25.1. The van der Waals surface area contributed by atoms with Crippen molar-refractivity contribution in [1.29, 1.82) is 0 Å². The molecule has 1 aliphatic heterocycles. The Hall–Kier alpha value is -2.23. The number of benzene rings is 1. The molecule has 1 aromatic rings. The zero-order valence-corrected chi connectivity index (χ0v) is 14.6. The lowest BCUT2D eigenvalue weighted by atomic mass is 9.85. The minimum Gasteiger partial charge on any atom is -0.441 e. The van der Waals surface area contributed by atoms with Crippen LogP contribution in [0.5, 0.6) is 0 Å². The van der Waals surface area contributed by atoms with Gasteiger partial charge in [0.05, 0.1) is 6.54 Å². The Labute approximate surface area is 149 Å². The summed E-state index contributed by atoms with van der Waals surface area (Å²) in [5.74, 6) is 0.392. The molecular weight excluding hydrogens is 312 g/mol. The predicted octanol–water partition coefficient (Wildman–Crippen LogP) is 4.23. The average Bonchev–Trinajstić information content (AvgIpc) is 2.92. The van der Waals surface area contributed by atoms with Crippen molar-refractivity contribution in [1.82, 2.24) is 4.90 Å². The number of carbonyl (C=O) groups excluding carboxylic acids is 1. The van der Waals surface area contributed by atoms with Gasteiger partial charge in [0.2, 0.25) is 0 Å². The lowest BCUT2D eigenvalue weighted by Gasteiger charge is -2.30. The van der Waals surface area contributed by atoms with Gasteiger partial charge in [-0.3, -0.25) is 4.90 Å². The Kier molecular flexibility index (Phi) is 4.28. The van der Waals surface area contributed by atoms with Gasteiger partial charge in [0, 0.05) is 18.2 Å². The third-order valence-electron chi connectivity index (χ3n) is 5.72. The first kappa shape index (κ1) is 16.2. The van der Waals surface area contributed by atoms with Gasteiger partial charge in [0.25, 0.3) is 0 Å². The number of carbonyl (C=O) groups is 1. The second-order valence-corrected chi connectivity index (χ2v) is 7.61. The first-order valence-electron chi connectivity index (χ1n) is 9.34. The minimum absolute atomic E-state index is 0.151. The summed E-state index contributed by atoms with van der Waals surface area (Å²) in [6, 6.07) is 8.59. The molecule has 1 saturated carbocycles. The van der Waals surface area contributed by atoms with Crippen LogP contribution in [0.4, 0.5) is 4.79 Å². The summed E-state index contributed by atoms with van der Waals surface area (Å²) in [4.78, 5) is 14.1. The summed E-state index contributed by atoms with van der Waals surface area (Å²) in [5.41, 5.74) is 8.86. The third kappa shape index (κ3) is 3.44. The Morgan fingerprint density at radius 1 is 1.16 bits per heavy atom. The monoisotopic (exact) mass is 338 g/mol. The van der Waals surface area contributed by atoms with Crippen LogP contribution in [0.3, 0.4) is 0 Å². The smallest absolute Gasteiger partial charge is 0.410 e. The molecule has 3 aliphatic rings. The van der Waals surface area contributed by atoms with Gasteiger partial charge in [-0.15, -0.1) is 0 Å². The molecule has 132 valence electrons. The molecule has 1 atom stereocenters. The standard InChI is InChI=1S/C21H26N2O2/c22-19-10-8-18(9-11-19)17-6-4-16(5-7-17)14-23-15-21(25-20(23)24)12-2-1-3-13-21/h4-8,10-11,18H,1-3,9,12-15,22H2. The van der Waals surface area contributed by atoms with Crippen molar-refractivity contribution in [3.63, 3.8) is 0 Å². The van der Waals surface area contributed by atoms with Gasteiger partial charge in [-0.25, -0.2) is 4.79 Å². The summed E-state index contributed by atoms with van der Waals surface area (Å²) in [6.07, 6.45) is 12.6. The molecule has 1 spiro atoms. The zero-order valence-electron chi connectivity index (χ0n) is 14.6. The van der Waals surface area contributed by atoms with Crippen LogP contribution in [0.2, 0.25) is 0 Å². The van der Waals surface area contributed by atoms with Crippen LogP contribution >= 0.6 is 0 Å². The number of rotatable bonds is 3. The minimum atomic E-state index is -0.214. The average molecular weight is 338 g/mol. The Balaban J connectivity index is 1.40. The molecule has 2 aliphatic carbocycles. The lowest BCUT2D eigenvalue weighted by Crippen LogP contribution is -2.36. The molecule has 2 N–H and O–H groups in total. The lowest BCUT2D eigenvalue weighted by molar-refractivity contribution is 0.0260. The van der Waals surface area contributed by atoms with Crippen molar-refractivity contribution in [2.45, 2.75) is 56.6 Å². The highest BCUT2D eigenvalue weighted by Gasteiger charge is 2.45. The quantitative estimate of drug-likeness (QED) is 0.897. The van der Waals surface area contributed by atoms with Gasteiger partial charge >= 0.3 is 6.09 Å². The number of hydrogen-bond donors (Lipinski definition) is 1. The number of amides is 1. The first-order chi connectivity index (χ1) is 12.1. The van der Waals surface area contributed by atoms with E-state index in [2.05, 4.69) is 36.4 Å². The van der Waals surface area contributed by atoms with E-state index in [-0.39, 0.29) is 11.7 Å². The van der Waals surface area contributed by atoms with Crippen LogP contribution in [-0.2, 0) is 11.3 Å². The zero-order chi connectivity index (χ0) is 17.3. The van der Waals surface area contributed by atoms with Crippen LogP contribution in [0.1, 0.15) is 55.6 Å². The second-order valence-electron chi connectivity index (χ2n) is 7.61. The van der Waals surface area contributed by atoms with Gasteiger partial charge in [0.1, 0.15) is 5.60 Å². The number of nitrogens with zero attached hydrogens (tertiary/aromatic N) is 1. The van der Waals surface area contributed by atoms with E-state index in [1.54, 1.807) is 0 Å². The van der Waals surface area contributed by atoms with Crippen LogP contribution < -0.4 is 5.73 Å². The van der Waals surface area contributed by atoms with Gasteiger partial charge in [-0.2, -0.15) is 0 Å². The molecule has 4 rings (SSSR count). The molecular formula is C21H26N2O2. The Morgan fingerprint density at radius 2 is 1.92 bits per heavy atom. The SMILES string of the molecule is NC1=CCC(c2ccc(CN3CC4(CCCCC4)OC3=O)cc2)C=C1. The van der Waals surface area contributed by atoms with Crippen LogP contribution in [0.15, 0.2) is 48.2 Å². The summed E-state index contributed by atoms with van der Waals surface area (Å²) >= 11 is 0. The molecule has 1 saturated heterocycles. The van der Waals surface area contributed by atoms with Crippen molar-refractivity contribution >= 4 is 6.09 Å². The number of nitrogens with two attached hydrogens (primary N) is 1. The van der Waals surface area contributed by atoms with E-state index in [0.717, 1.165) is 37.1 Å². The number of allylic oxidation sites excluding steroid dienone is 3. The van der Waals surface area contributed by atoms with Crippen molar-refractivity contribution in [2.24, 2.45) is 5.73 Å². The van der Waals surface area contributed by atoms with E-state index >= 15 is 0 Å². The molecule has 25 heavy (non-hydrogen) atoms. The van der Waals surface area contributed by atoms with Crippen molar-refractivity contribution < 1.29 is 9.53 Å². The van der Waals surface area contributed by atoms with E-state index in [1.165, 1.54) is 24.8 Å². The van der Waals surface area contributed by atoms with Gasteiger partial charge in [-0.05, 0) is 49.3 Å². The fraction of sp³-hybridized carbons (Fsp3) is 0.476.